The van der Waals surface area contributed by atoms with Crippen molar-refractivity contribution in [3.8, 4) is 0 Å². The molecule has 1 heterocycles. The fraction of sp³-hybridized carbons (Fsp3) is 0.667. The molecule has 0 aliphatic carbocycles. The van der Waals surface area contributed by atoms with Crippen molar-refractivity contribution in [2.75, 3.05) is 6.54 Å². The summed E-state index contributed by atoms with van der Waals surface area (Å²) < 4.78 is 1.75. The normalized spacial score (nSPS) is 10.8. The molecule has 5 heteroatoms. The molecule has 0 aromatic carbocycles. The summed E-state index contributed by atoms with van der Waals surface area (Å²) in [6.07, 6.45) is 3.84. The van der Waals surface area contributed by atoms with Gasteiger partial charge in [-0.3, -0.25) is 9.48 Å². The molecule has 1 aromatic heterocycles. The van der Waals surface area contributed by atoms with E-state index in [1.54, 1.807) is 4.68 Å². The van der Waals surface area contributed by atoms with Crippen LogP contribution in [-0.2, 0) is 18.4 Å². The molecule has 0 fully saturated rings. The molecule has 96 valence electrons. The van der Waals surface area contributed by atoms with Crippen molar-refractivity contribution in [2.24, 2.45) is 7.05 Å². The van der Waals surface area contributed by atoms with Crippen molar-refractivity contribution in [2.45, 2.75) is 39.3 Å². The highest BCUT2D eigenvalue weighted by Crippen LogP contribution is 1.95. The zero-order valence-corrected chi connectivity index (χ0v) is 10.9. The summed E-state index contributed by atoms with van der Waals surface area (Å²) in [5, 5.41) is 10.3. The SMILES string of the molecule is CCC(CC)NC(=O)CNCc1ccn(C)n1. The molecule has 0 saturated heterocycles. The molecule has 0 saturated carbocycles. The van der Waals surface area contributed by atoms with Crippen LogP contribution in [0.5, 0.6) is 0 Å². The molecule has 1 aromatic rings. The minimum absolute atomic E-state index is 0.0506. The zero-order chi connectivity index (χ0) is 12.7. The quantitative estimate of drug-likeness (QED) is 0.739. The van der Waals surface area contributed by atoms with Crippen LogP contribution in [0.2, 0.25) is 0 Å². The molecule has 0 aliphatic heterocycles. The van der Waals surface area contributed by atoms with Crippen LogP contribution in [0.15, 0.2) is 12.3 Å². The molecule has 0 unspecified atom stereocenters. The number of rotatable bonds is 7. The van der Waals surface area contributed by atoms with E-state index in [1.807, 2.05) is 19.3 Å². The Bertz CT molecular complexity index is 344. The van der Waals surface area contributed by atoms with E-state index in [-0.39, 0.29) is 5.91 Å². The first-order valence-corrected chi connectivity index (χ1v) is 6.14. The van der Waals surface area contributed by atoms with Crippen LogP contribution in [0, 0.1) is 0 Å². The number of amides is 1. The molecule has 5 nitrogen and oxygen atoms in total. The molecule has 0 bridgehead atoms. The third-order valence-electron chi connectivity index (χ3n) is 2.71. The molecular weight excluding hydrogens is 216 g/mol. The summed E-state index contributed by atoms with van der Waals surface area (Å²) in [4.78, 5) is 11.6. The van der Waals surface area contributed by atoms with Crippen LogP contribution in [0.4, 0.5) is 0 Å². The lowest BCUT2D eigenvalue weighted by atomic mass is 10.2. The van der Waals surface area contributed by atoms with E-state index in [4.69, 9.17) is 0 Å². The Balaban J connectivity index is 2.20. The van der Waals surface area contributed by atoms with E-state index in [0.717, 1.165) is 18.5 Å². The monoisotopic (exact) mass is 238 g/mol. The number of hydrogen-bond donors (Lipinski definition) is 2. The number of aryl methyl sites for hydroxylation is 1. The van der Waals surface area contributed by atoms with Gasteiger partial charge in [0.05, 0.1) is 12.2 Å². The number of carbonyl (C=O) groups excluding carboxylic acids is 1. The Hall–Kier alpha value is -1.36. The average Bonchev–Trinajstić information content (AvgIpc) is 2.72. The maximum atomic E-state index is 11.6. The van der Waals surface area contributed by atoms with Gasteiger partial charge in [-0.1, -0.05) is 13.8 Å². The molecule has 1 rings (SSSR count). The molecule has 1 amide bonds. The van der Waals surface area contributed by atoms with Crippen LogP contribution in [0.3, 0.4) is 0 Å². The summed E-state index contributed by atoms with van der Waals surface area (Å²) in [7, 11) is 1.88. The van der Waals surface area contributed by atoms with Crippen molar-refractivity contribution >= 4 is 5.91 Å². The Morgan fingerprint density at radius 2 is 2.18 bits per heavy atom. The van der Waals surface area contributed by atoms with Crippen molar-refractivity contribution in [3.63, 3.8) is 0 Å². The lowest BCUT2D eigenvalue weighted by molar-refractivity contribution is -0.121. The highest BCUT2D eigenvalue weighted by molar-refractivity contribution is 5.78. The van der Waals surface area contributed by atoms with Gasteiger partial charge in [0.1, 0.15) is 0 Å². The van der Waals surface area contributed by atoms with Crippen LogP contribution < -0.4 is 10.6 Å². The number of nitrogens with zero attached hydrogens (tertiary/aromatic N) is 2. The van der Waals surface area contributed by atoms with Gasteiger partial charge in [-0.2, -0.15) is 5.10 Å². The van der Waals surface area contributed by atoms with Crippen LogP contribution in [-0.4, -0.2) is 28.3 Å². The van der Waals surface area contributed by atoms with E-state index < -0.39 is 0 Å². The first-order valence-electron chi connectivity index (χ1n) is 6.14. The Kier molecular flexibility index (Phi) is 5.69. The molecular formula is C12H22N4O. The van der Waals surface area contributed by atoms with E-state index in [2.05, 4.69) is 29.6 Å². The minimum Gasteiger partial charge on any atom is -0.352 e. The van der Waals surface area contributed by atoms with E-state index >= 15 is 0 Å². The molecule has 0 aliphatic rings. The van der Waals surface area contributed by atoms with Gasteiger partial charge < -0.3 is 10.6 Å². The summed E-state index contributed by atoms with van der Waals surface area (Å²) in [5.41, 5.74) is 0.947. The lowest BCUT2D eigenvalue weighted by Crippen LogP contribution is -2.39. The average molecular weight is 238 g/mol. The van der Waals surface area contributed by atoms with Gasteiger partial charge in [-0.15, -0.1) is 0 Å². The van der Waals surface area contributed by atoms with E-state index in [0.29, 0.717) is 19.1 Å². The number of carbonyl (C=O) groups is 1. The zero-order valence-electron chi connectivity index (χ0n) is 10.9. The van der Waals surface area contributed by atoms with Gasteiger partial charge in [0.2, 0.25) is 5.91 Å². The van der Waals surface area contributed by atoms with Gasteiger partial charge in [0, 0.05) is 25.8 Å². The van der Waals surface area contributed by atoms with Gasteiger partial charge in [0.25, 0.3) is 0 Å². The number of aromatic nitrogens is 2. The molecule has 0 radical (unpaired) electrons. The second-order valence-electron chi connectivity index (χ2n) is 4.17. The van der Waals surface area contributed by atoms with E-state index in [9.17, 15) is 4.79 Å². The largest absolute Gasteiger partial charge is 0.352 e. The summed E-state index contributed by atoms with van der Waals surface area (Å²) >= 11 is 0. The second-order valence-corrected chi connectivity index (χ2v) is 4.17. The van der Waals surface area contributed by atoms with Crippen molar-refractivity contribution < 1.29 is 4.79 Å². The van der Waals surface area contributed by atoms with Crippen molar-refractivity contribution in [1.82, 2.24) is 20.4 Å². The maximum Gasteiger partial charge on any atom is 0.234 e. The van der Waals surface area contributed by atoms with Crippen LogP contribution >= 0.6 is 0 Å². The summed E-state index contributed by atoms with van der Waals surface area (Å²) in [6.45, 7) is 5.12. The van der Waals surface area contributed by atoms with Crippen LogP contribution in [0.25, 0.3) is 0 Å². The van der Waals surface area contributed by atoms with Gasteiger partial charge >= 0.3 is 0 Å². The fourth-order valence-electron chi connectivity index (χ4n) is 1.63. The van der Waals surface area contributed by atoms with E-state index in [1.165, 1.54) is 0 Å². The predicted molar refractivity (Wildman–Crippen MR) is 67.4 cm³/mol. The van der Waals surface area contributed by atoms with Gasteiger partial charge in [-0.05, 0) is 18.9 Å². The highest BCUT2D eigenvalue weighted by atomic mass is 16.1. The minimum atomic E-state index is 0.0506. The highest BCUT2D eigenvalue weighted by Gasteiger charge is 2.07. The molecule has 17 heavy (non-hydrogen) atoms. The predicted octanol–water partition coefficient (Wildman–Crippen LogP) is 0.814. The first-order chi connectivity index (χ1) is 8.15. The Morgan fingerprint density at radius 1 is 1.47 bits per heavy atom. The van der Waals surface area contributed by atoms with Gasteiger partial charge in [0.15, 0.2) is 0 Å². The molecule has 0 spiro atoms. The number of nitrogens with one attached hydrogen (secondary N) is 2. The van der Waals surface area contributed by atoms with Gasteiger partial charge in [-0.25, -0.2) is 0 Å². The van der Waals surface area contributed by atoms with Crippen molar-refractivity contribution in [3.05, 3.63) is 18.0 Å². The number of hydrogen-bond acceptors (Lipinski definition) is 3. The Labute approximate surface area is 103 Å². The summed E-state index contributed by atoms with van der Waals surface area (Å²) in [6, 6.07) is 2.23. The smallest absolute Gasteiger partial charge is 0.234 e. The standard InChI is InChI=1S/C12H22N4O/c1-4-10(5-2)14-12(17)9-13-8-11-6-7-16(3)15-11/h6-7,10,13H,4-5,8-9H2,1-3H3,(H,14,17). The fourth-order valence-corrected chi connectivity index (χ4v) is 1.63. The lowest BCUT2D eigenvalue weighted by Gasteiger charge is -2.14. The Morgan fingerprint density at radius 3 is 2.71 bits per heavy atom. The third-order valence-corrected chi connectivity index (χ3v) is 2.71. The third kappa shape index (κ3) is 4.99. The molecule has 2 N–H and O–H groups in total. The van der Waals surface area contributed by atoms with Crippen molar-refractivity contribution in [1.29, 1.82) is 0 Å². The molecule has 0 atom stereocenters. The maximum absolute atomic E-state index is 11.6. The first kappa shape index (κ1) is 13.7. The summed E-state index contributed by atoms with van der Waals surface area (Å²) in [5.74, 6) is 0.0506. The van der Waals surface area contributed by atoms with Crippen LogP contribution in [0.1, 0.15) is 32.4 Å². The second kappa shape index (κ2) is 7.06. The topological polar surface area (TPSA) is 59.0 Å².